The molecule has 24 heavy (non-hydrogen) atoms. The van der Waals surface area contributed by atoms with Crippen molar-refractivity contribution in [1.82, 2.24) is 14.9 Å². The van der Waals surface area contributed by atoms with Gasteiger partial charge in [0.1, 0.15) is 5.82 Å². The van der Waals surface area contributed by atoms with Crippen LogP contribution >= 0.6 is 0 Å². The Morgan fingerprint density at radius 3 is 2.62 bits per heavy atom. The Hall–Kier alpha value is -2.34. The molecule has 1 fully saturated rings. The van der Waals surface area contributed by atoms with E-state index in [2.05, 4.69) is 9.97 Å². The number of aliphatic hydroxyl groups excluding tert-OH is 1. The lowest BCUT2D eigenvalue weighted by Crippen LogP contribution is -2.54. The fourth-order valence-corrected chi connectivity index (χ4v) is 3.12. The first-order chi connectivity index (χ1) is 11.4. The Labute approximate surface area is 140 Å². The number of nitrogens with zero attached hydrogens (tertiary/aromatic N) is 3. The zero-order chi connectivity index (χ0) is 17.3. The van der Waals surface area contributed by atoms with E-state index in [1.54, 1.807) is 17.0 Å². The fraction of sp³-hybridized carbons (Fsp3) is 0.389. The SMILES string of the molecule is CC1(C)CC(O)CCN1C(=O)c1ncc(-c2cccc(F)c2)cn1. The molecule has 2 aromatic rings. The molecule has 1 amide bonds. The molecule has 0 radical (unpaired) electrons. The number of halogens is 1. The summed E-state index contributed by atoms with van der Waals surface area (Å²) in [6, 6.07) is 6.15. The Balaban J connectivity index is 1.82. The Morgan fingerprint density at radius 2 is 2.00 bits per heavy atom. The average Bonchev–Trinajstić information content (AvgIpc) is 2.53. The minimum atomic E-state index is -0.445. The van der Waals surface area contributed by atoms with Gasteiger partial charge in [-0.3, -0.25) is 4.79 Å². The van der Waals surface area contributed by atoms with Crippen molar-refractivity contribution in [2.45, 2.75) is 38.3 Å². The predicted molar refractivity (Wildman–Crippen MR) is 87.8 cm³/mol. The van der Waals surface area contributed by atoms with Gasteiger partial charge in [0, 0.05) is 30.0 Å². The van der Waals surface area contributed by atoms with Crippen LogP contribution in [-0.2, 0) is 0 Å². The molecule has 0 spiro atoms. The molecule has 3 rings (SSSR count). The normalized spacial score (nSPS) is 20.0. The van der Waals surface area contributed by atoms with Crippen LogP contribution in [0.15, 0.2) is 36.7 Å². The van der Waals surface area contributed by atoms with Gasteiger partial charge in [-0.1, -0.05) is 12.1 Å². The molecule has 1 unspecified atom stereocenters. The summed E-state index contributed by atoms with van der Waals surface area (Å²) < 4.78 is 13.3. The van der Waals surface area contributed by atoms with Gasteiger partial charge in [-0.25, -0.2) is 14.4 Å². The van der Waals surface area contributed by atoms with Crippen molar-refractivity contribution < 1.29 is 14.3 Å². The van der Waals surface area contributed by atoms with Crippen LogP contribution in [0.1, 0.15) is 37.3 Å². The van der Waals surface area contributed by atoms with Crippen LogP contribution < -0.4 is 0 Å². The van der Waals surface area contributed by atoms with Crippen LogP contribution in [0.25, 0.3) is 11.1 Å². The molecule has 1 saturated heterocycles. The van der Waals surface area contributed by atoms with Gasteiger partial charge in [0.05, 0.1) is 6.10 Å². The van der Waals surface area contributed by atoms with E-state index in [1.807, 2.05) is 13.8 Å². The van der Waals surface area contributed by atoms with Gasteiger partial charge in [0.2, 0.25) is 5.82 Å². The highest BCUT2D eigenvalue weighted by Gasteiger charge is 2.38. The third-order valence-electron chi connectivity index (χ3n) is 4.40. The summed E-state index contributed by atoms with van der Waals surface area (Å²) in [5.41, 5.74) is 0.870. The summed E-state index contributed by atoms with van der Waals surface area (Å²) in [4.78, 5) is 22.7. The Morgan fingerprint density at radius 1 is 1.29 bits per heavy atom. The van der Waals surface area contributed by atoms with Crippen molar-refractivity contribution in [2.75, 3.05) is 6.54 Å². The highest BCUT2D eigenvalue weighted by molar-refractivity contribution is 5.91. The Bertz CT molecular complexity index is 746. The number of hydrogen-bond acceptors (Lipinski definition) is 4. The van der Waals surface area contributed by atoms with Crippen molar-refractivity contribution >= 4 is 5.91 Å². The lowest BCUT2D eigenvalue weighted by molar-refractivity contribution is 0.00252. The zero-order valence-corrected chi connectivity index (χ0v) is 13.7. The number of amides is 1. The van der Waals surface area contributed by atoms with Gasteiger partial charge >= 0.3 is 0 Å². The number of rotatable bonds is 2. The number of carbonyl (C=O) groups is 1. The van der Waals surface area contributed by atoms with Crippen LogP contribution in [0.4, 0.5) is 4.39 Å². The maximum atomic E-state index is 13.3. The standard InChI is InChI=1S/C18H20FN3O2/c1-18(2)9-15(23)6-7-22(18)17(24)16-20-10-13(11-21-16)12-4-3-5-14(19)8-12/h3-5,8,10-11,15,23H,6-7,9H2,1-2H3. The Kier molecular flexibility index (Phi) is 4.32. The average molecular weight is 329 g/mol. The highest BCUT2D eigenvalue weighted by Crippen LogP contribution is 2.28. The molecule has 0 saturated carbocycles. The number of aromatic nitrogens is 2. The first-order valence-corrected chi connectivity index (χ1v) is 7.95. The van der Waals surface area contributed by atoms with Crippen molar-refractivity contribution in [2.24, 2.45) is 0 Å². The topological polar surface area (TPSA) is 66.3 Å². The van der Waals surface area contributed by atoms with Gasteiger partial charge in [-0.2, -0.15) is 0 Å². The van der Waals surface area contributed by atoms with E-state index in [0.29, 0.717) is 30.5 Å². The smallest absolute Gasteiger partial charge is 0.292 e. The second kappa shape index (κ2) is 6.28. The molecule has 1 atom stereocenters. The van der Waals surface area contributed by atoms with Crippen LogP contribution in [0.2, 0.25) is 0 Å². The van der Waals surface area contributed by atoms with E-state index >= 15 is 0 Å². The summed E-state index contributed by atoms with van der Waals surface area (Å²) in [6.45, 7) is 4.32. The summed E-state index contributed by atoms with van der Waals surface area (Å²) in [6.07, 6.45) is 3.75. The van der Waals surface area contributed by atoms with E-state index < -0.39 is 5.54 Å². The quantitative estimate of drug-likeness (QED) is 0.920. The van der Waals surface area contributed by atoms with Crippen LogP contribution in [0.5, 0.6) is 0 Å². The first-order valence-electron chi connectivity index (χ1n) is 7.95. The number of piperidine rings is 1. The number of likely N-dealkylation sites (tertiary alicyclic amines) is 1. The predicted octanol–water partition coefficient (Wildman–Crippen LogP) is 2.66. The second-order valence-electron chi connectivity index (χ2n) is 6.72. The largest absolute Gasteiger partial charge is 0.393 e. The van der Waals surface area contributed by atoms with Gasteiger partial charge in [-0.15, -0.1) is 0 Å². The molecule has 2 heterocycles. The van der Waals surface area contributed by atoms with Crippen molar-refractivity contribution in [3.8, 4) is 11.1 Å². The molecular formula is C18H20FN3O2. The maximum Gasteiger partial charge on any atom is 0.292 e. The molecule has 1 N–H and O–H groups in total. The maximum absolute atomic E-state index is 13.3. The summed E-state index contributed by atoms with van der Waals surface area (Å²) in [5.74, 6) is -0.474. The van der Waals surface area contributed by atoms with Gasteiger partial charge in [0.15, 0.2) is 0 Å². The number of carbonyl (C=O) groups excluding carboxylic acids is 1. The monoisotopic (exact) mass is 329 g/mol. The molecular weight excluding hydrogens is 309 g/mol. The third kappa shape index (κ3) is 3.28. The minimum Gasteiger partial charge on any atom is -0.393 e. The number of aliphatic hydroxyl groups is 1. The fourth-order valence-electron chi connectivity index (χ4n) is 3.12. The number of hydrogen-bond donors (Lipinski definition) is 1. The molecule has 6 heteroatoms. The lowest BCUT2D eigenvalue weighted by Gasteiger charge is -2.43. The molecule has 0 aliphatic carbocycles. The van der Waals surface area contributed by atoms with E-state index in [9.17, 15) is 14.3 Å². The highest BCUT2D eigenvalue weighted by atomic mass is 19.1. The molecule has 1 aliphatic rings. The van der Waals surface area contributed by atoms with Crippen LogP contribution in [0.3, 0.4) is 0 Å². The second-order valence-corrected chi connectivity index (χ2v) is 6.72. The molecule has 1 aromatic carbocycles. The first kappa shape index (κ1) is 16.5. The molecule has 5 nitrogen and oxygen atoms in total. The van der Waals surface area contributed by atoms with E-state index in [1.165, 1.54) is 24.5 Å². The minimum absolute atomic E-state index is 0.111. The van der Waals surface area contributed by atoms with Gasteiger partial charge in [0.25, 0.3) is 5.91 Å². The molecule has 0 bridgehead atoms. The van der Waals surface area contributed by atoms with Crippen LogP contribution in [-0.4, -0.2) is 44.1 Å². The van der Waals surface area contributed by atoms with Crippen molar-refractivity contribution in [3.05, 3.63) is 48.3 Å². The molecule has 1 aliphatic heterocycles. The van der Waals surface area contributed by atoms with E-state index in [-0.39, 0.29) is 23.7 Å². The van der Waals surface area contributed by atoms with E-state index in [0.717, 1.165) is 0 Å². The van der Waals surface area contributed by atoms with Crippen molar-refractivity contribution in [1.29, 1.82) is 0 Å². The summed E-state index contributed by atoms with van der Waals surface area (Å²) in [7, 11) is 0. The summed E-state index contributed by atoms with van der Waals surface area (Å²) in [5, 5.41) is 9.80. The molecule has 126 valence electrons. The van der Waals surface area contributed by atoms with Crippen LogP contribution in [0, 0.1) is 5.82 Å². The van der Waals surface area contributed by atoms with Crippen molar-refractivity contribution in [3.63, 3.8) is 0 Å². The summed E-state index contributed by atoms with van der Waals surface area (Å²) >= 11 is 0. The zero-order valence-electron chi connectivity index (χ0n) is 13.7. The number of benzene rings is 1. The van der Waals surface area contributed by atoms with Gasteiger partial charge < -0.3 is 10.0 Å². The molecule has 1 aromatic heterocycles. The van der Waals surface area contributed by atoms with E-state index in [4.69, 9.17) is 0 Å². The van der Waals surface area contributed by atoms with Gasteiger partial charge in [-0.05, 0) is 44.4 Å². The lowest BCUT2D eigenvalue weighted by atomic mass is 9.88. The third-order valence-corrected chi connectivity index (χ3v) is 4.40.